The average molecular weight is 271 g/mol. The van der Waals surface area contributed by atoms with E-state index in [2.05, 4.69) is 35.2 Å². The standard InChI is InChI=1S/C17H25N3/c1-2-17(19,14-18)11-7-13-20-12-6-5-9-15-8-3-4-10-16(15)20/h3-4,8,10H,2,5-7,9,11-13,19H2,1H3. The summed E-state index contributed by atoms with van der Waals surface area (Å²) in [4.78, 5) is 2.47. The molecule has 0 amide bonds. The first-order valence-electron chi connectivity index (χ1n) is 7.71. The molecular weight excluding hydrogens is 246 g/mol. The van der Waals surface area contributed by atoms with E-state index in [1.54, 1.807) is 0 Å². The number of aryl methyl sites for hydroxylation is 1. The van der Waals surface area contributed by atoms with Crippen LogP contribution in [0.3, 0.4) is 0 Å². The molecule has 1 heterocycles. The molecule has 0 saturated heterocycles. The van der Waals surface area contributed by atoms with Gasteiger partial charge < -0.3 is 10.6 Å². The number of nitriles is 1. The highest BCUT2D eigenvalue weighted by Gasteiger charge is 2.22. The minimum Gasteiger partial charge on any atom is -0.371 e. The molecule has 1 aromatic carbocycles. The Hall–Kier alpha value is -1.53. The van der Waals surface area contributed by atoms with Gasteiger partial charge in [-0.15, -0.1) is 0 Å². The molecule has 1 unspecified atom stereocenters. The summed E-state index contributed by atoms with van der Waals surface area (Å²) in [6, 6.07) is 11.0. The number of fused-ring (bicyclic) bond motifs is 1. The maximum Gasteiger partial charge on any atom is 0.104 e. The van der Waals surface area contributed by atoms with Gasteiger partial charge in [0.15, 0.2) is 0 Å². The van der Waals surface area contributed by atoms with Crippen LogP contribution in [0.5, 0.6) is 0 Å². The van der Waals surface area contributed by atoms with Crippen molar-refractivity contribution < 1.29 is 0 Å². The van der Waals surface area contributed by atoms with E-state index in [1.807, 2.05) is 6.92 Å². The van der Waals surface area contributed by atoms with Crippen molar-refractivity contribution in [2.75, 3.05) is 18.0 Å². The SMILES string of the molecule is CCC(N)(C#N)CCCN1CCCCc2ccccc21. The first kappa shape index (κ1) is 14.9. The molecule has 0 aliphatic carbocycles. The molecule has 0 spiro atoms. The summed E-state index contributed by atoms with van der Waals surface area (Å²) in [5, 5.41) is 9.14. The van der Waals surface area contributed by atoms with Crippen LogP contribution in [-0.2, 0) is 6.42 Å². The summed E-state index contributed by atoms with van der Waals surface area (Å²) in [5.74, 6) is 0. The molecule has 0 radical (unpaired) electrons. The minimum absolute atomic E-state index is 0.647. The van der Waals surface area contributed by atoms with Crippen molar-refractivity contribution in [3.05, 3.63) is 29.8 Å². The molecule has 0 bridgehead atoms. The van der Waals surface area contributed by atoms with Crippen LogP contribution in [0.1, 0.15) is 44.6 Å². The Morgan fingerprint density at radius 2 is 2.15 bits per heavy atom. The number of nitrogens with two attached hydrogens (primary N) is 1. The Labute approximate surface area is 122 Å². The van der Waals surface area contributed by atoms with Gasteiger partial charge in [0.1, 0.15) is 5.54 Å². The molecule has 1 aromatic rings. The van der Waals surface area contributed by atoms with Crippen LogP contribution >= 0.6 is 0 Å². The molecule has 0 saturated carbocycles. The fourth-order valence-electron chi connectivity index (χ4n) is 2.90. The zero-order chi connectivity index (χ0) is 14.4. The lowest BCUT2D eigenvalue weighted by Gasteiger charge is -2.27. The van der Waals surface area contributed by atoms with E-state index in [0.29, 0.717) is 0 Å². The number of benzene rings is 1. The van der Waals surface area contributed by atoms with Crippen LogP contribution < -0.4 is 10.6 Å². The molecule has 1 aliphatic heterocycles. The Morgan fingerprint density at radius 1 is 1.35 bits per heavy atom. The van der Waals surface area contributed by atoms with Crippen LogP contribution in [0.15, 0.2) is 24.3 Å². The number of para-hydroxylation sites is 1. The summed E-state index contributed by atoms with van der Waals surface area (Å²) < 4.78 is 0. The molecule has 0 fully saturated rings. The van der Waals surface area contributed by atoms with Crippen molar-refractivity contribution >= 4 is 5.69 Å². The summed E-state index contributed by atoms with van der Waals surface area (Å²) in [6.07, 6.45) is 6.17. The molecule has 0 aromatic heterocycles. The van der Waals surface area contributed by atoms with Gasteiger partial charge in [-0.2, -0.15) is 5.26 Å². The molecule has 3 nitrogen and oxygen atoms in total. The minimum atomic E-state index is -0.647. The smallest absolute Gasteiger partial charge is 0.104 e. The number of hydrogen-bond acceptors (Lipinski definition) is 3. The van der Waals surface area contributed by atoms with Gasteiger partial charge >= 0.3 is 0 Å². The van der Waals surface area contributed by atoms with Crippen LogP contribution in [-0.4, -0.2) is 18.6 Å². The molecule has 2 rings (SSSR count). The summed E-state index contributed by atoms with van der Waals surface area (Å²) >= 11 is 0. The van der Waals surface area contributed by atoms with Crippen molar-refractivity contribution in [2.45, 2.75) is 51.0 Å². The maximum atomic E-state index is 9.14. The van der Waals surface area contributed by atoms with Gasteiger partial charge in [-0.05, 0) is 50.2 Å². The molecule has 2 N–H and O–H groups in total. The van der Waals surface area contributed by atoms with E-state index < -0.39 is 5.54 Å². The molecule has 1 aliphatic rings. The Balaban J connectivity index is 1.98. The monoisotopic (exact) mass is 271 g/mol. The quantitative estimate of drug-likeness (QED) is 0.894. The predicted molar refractivity (Wildman–Crippen MR) is 83.6 cm³/mol. The van der Waals surface area contributed by atoms with E-state index in [4.69, 9.17) is 11.0 Å². The average Bonchev–Trinajstić information content (AvgIpc) is 2.70. The van der Waals surface area contributed by atoms with E-state index in [-0.39, 0.29) is 0 Å². The molecule has 20 heavy (non-hydrogen) atoms. The fraction of sp³-hybridized carbons (Fsp3) is 0.588. The van der Waals surface area contributed by atoms with E-state index >= 15 is 0 Å². The van der Waals surface area contributed by atoms with Crippen LogP contribution in [0, 0.1) is 11.3 Å². The molecular formula is C17H25N3. The zero-order valence-corrected chi connectivity index (χ0v) is 12.4. The van der Waals surface area contributed by atoms with Crippen molar-refractivity contribution in [2.24, 2.45) is 5.73 Å². The number of hydrogen-bond donors (Lipinski definition) is 1. The van der Waals surface area contributed by atoms with Gasteiger partial charge in [-0.1, -0.05) is 25.1 Å². The summed E-state index contributed by atoms with van der Waals surface area (Å²) in [6.45, 7) is 4.11. The van der Waals surface area contributed by atoms with E-state index in [0.717, 1.165) is 32.4 Å². The highest BCUT2D eigenvalue weighted by molar-refractivity contribution is 5.54. The van der Waals surface area contributed by atoms with Gasteiger partial charge in [-0.3, -0.25) is 0 Å². The van der Waals surface area contributed by atoms with Gasteiger partial charge in [0, 0.05) is 18.8 Å². The first-order chi connectivity index (χ1) is 9.68. The van der Waals surface area contributed by atoms with Gasteiger partial charge in [0.2, 0.25) is 0 Å². The normalized spacial score (nSPS) is 17.8. The van der Waals surface area contributed by atoms with E-state index in [9.17, 15) is 0 Å². The number of nitrogens with zero attached hydrogens (tertiary/aromatic N) is 2. The third-order valence-corrected chi connectivity index (χ3v) is 4.36. The third kappa shape index (κ3) is 3.52. The topological polar surface area (TPSA) is 53.1 Å². The van der Waals surface area contributed by atoms with Crippen LogP contribution in [0.25, 0.3) is 0 Å². The lowest BCUT2D eigenvalue weighted by molar-refractivity contribution is 0.464. The fourth-order valence-corrected chi connectivity index (χ4v) is 2.90. The van der Waals surface area contributed by atoms with E-state index in [1.165, 1.54) is 30.5 Å². The summed E-state index contributed by atoms with van der Waals surface area (Å²) in [5.41, 5.74) is 8.24. The Morgan fingerprint density at radius 3 is 2.90 bits per heavy atom. The van der Waals surface area contributed by atoms with Crippen molar-refractivity contribution in [3.8, 4) is 6.07 Å². The maximum absolute atomic E-state index is 9.14. The highest BCUT2D eigenvalue weighted by Crippen LogP contribution is 2.26. The molecule has 1 atom stereocenters. The van der Waals surface area contributed by atoms with Gasteiger partial charge in [0.05, 0.1) is 6.07 Å². The molecule has 108 valence electrons. The predicted octanol–water partition coefficient (Wildman–Crippen LogP) is 3.24. The van der Waals surface area contributed by atoms with Crippen LogP contribution in [0.2, 0.25) is 0 Å². The number of anilines is 1. The van der Waals surface area contributed by atoms with Crippen molar-refractivity contribution in [3.63, 3.8) is 0 Å². The summed E-state index contributed by atoms with van der Waals surface area (Å²) in [7, 11) is 0. The largest absolute Gasteiger partial charge is 0.371 e. The lowest BCUT2D eigenvalue weighted by atomic mass is 9.93. The van der Waals surface area contributed by atoms with Crippen molar-refractivity contribution in [1.29, 1.82) is 5.26 Å². The second-order valence-corrected chi connectivity index (χ2v) is 5.80. The first-order valence-corrected chi connectivity index (χ1v) is 7.71. The zero-order valence-electron chi connectivity index (χ0n) is 12.4. The number of rotatable bonds is 5. The van der Waals surface area contributed by atoms with Gasteiger partial charge in [-0.25, -0.2) is 0 Å². The van der Waals surface area contributed by atoms with Gasteiger partial charge in [0.25, 0.3) is 0 Å². The lowest BCUT2D eigenvalue weighted by Crippen LogP contribution is -2.38. The highest BCUT2D eigenvalue weighted by atomic mass is 15.1. The molecule has 3 heteroatoms. The third-order valence-electron chi connectivity index (χ3n) is 4.36. The van der Waals surface area contributed by atoms with Crippen molar-refractivity contribution in [1.82, 2.24) is 0 Å². The second-order valence-electron chi connectivity index (χ2n) is 5.80. The second kappa shape index (κ2) is 6.76. The van der Waals surface area contributed by atoms with Crippen LogP contribution in [0.4, 0.5) is 5.69 Å². The Kier molecular flexibility index (Phi) is 5.03. The Bertz CT molecular complexity index is 477.